The molecule has 0 saturated carbocycles. The molecule has 1 saturated heterocycles. The van der Waals surface area contributed by atoms with Gasteiger partial charge in [-0.3, -0.25) is 4.98 Å². The molecule has 0 radical (unpaired) electrons. The highest BCUT2D eigenvalue weighted by atomic mass is 16.5. The van der Waals surface area contributed by atoms with Gasteiger partial charge in [0, 0.05) is 44.1 Å². The fourth-order valence-corrected chi connectivity index (χ4v) is 2.95. The van der Waals surface area contributed by atoms with E-state index in [1.165, 1.54) is 0 Å². The van der Waals surface area contributed by atoms with Crippen molar-refractivity contribution in [3.8, 4) is 0 Å². The van der Waals surface area contributed by atoms with Crippen LogP contribution in [-0.2, 0) is 11.3 Å². The molecule has 2 aromatic heterocycles. The van der Waals surface area contributed by atoms with E-state index in [2.05, 4.69) is 38.9 Å². The van der Waals surface area contributed by atoms with Crippen molar-refractivity contribution in [1.82, 2.24) is 15.0 Å². The quantitative estimate of drug-likeness (QED) is 0.842. The van der Waals surface area contributed by atoms with Crippen molar-refractivity contribution in [2.24, 2.45) is 0 Å². The SMILES string of the molecule is CCCCN(Cc1cccnc1)c1cc(C2CCOC2)nc(N)n1. The van der Waals surface area contributed by atoms with Crippen LogP contribution in [-0.4, -0.2) is 34.7 Å². The van der Waals surface area contributed by atoms with Gasteiger partial charge in [0.25, 0.3) is 0 Å². The van der Waals surface area contributed by atoms with Gasteiger partial charge in [0.05, 0.1) is 12.3 Å². The van der Waals surface area contributed by atoms with Gasteiger partial charge in [0.15, 0.2) is 0 Å². The Morgan fingerprint density at radius 2 is 2.29 bits per heavy atom. The molecule has 0 aromatic carbocycles. The Morgan fingerprint density at radius 1 is 1.38 bits per heavy atom. The summed E-state index contributed by atoms with van der Waals surface area (Å²) in [4.78, 5) is 15.4. The summed E-state index contributed by atoms with van der Waals surface area (Å²) in [6, 6.07) is 6.12. The molecule has 24 heavy (non-hydrogen) atoms. The molecule has 1 unspecified atom stereocenters. The van der Waals surface area contributed by atoms with Gasteiger partial charge in [0.1, 0.15) is 5.82 Å². The lowest BCUT2D eigenvalue weighted by Crippen LogP contribution is -2.26. The van der Waals surface area contributed by atoms with Crippen molar-refractivity contribution < 1.29 is 4.74 Å². The third-order valence-electron chi connectivity index (χ3n) is 4.30. The first-order valence-electron chi connectivity index (χ1n) is 8.62. The first-order chi connectivity index (χ1) is 11.8. The van der Waals surface area contributed by atoms with Crippen LogP contribution in [0.2, 0.25) is 0 Å². The smallest absolute Gasteiger partial charge is 0.222 e. The summed E-state index contributed by atoms with van der Waals surface area (Å²) in [7, 11) is 0. The molecule has 3 heterocycles. The van der Waals surface area contributed by atoms with E-state index in [0.29, 0.717) is 18.5 Å². The van der Waals surface area contributed by atoms with E-state index in [0.717, 1.165) is 56.0 Å². The number of hydrogen-bond acceptors (Lipinski definition) is 6. The molecular weight excluding hydrogens is 302 g/mol. The molecule has 1 fully saturated rings. The number of hydrogen-bond donors (Lipinski definition) is 1. The van der Waals surface area contributed by atoms with Gasteiger partial charge in [-0.25, -0.2) is 4.98 Å². The number of nitrogens with zero attached hydrogens (tertiary/aromatic N) is 4. The average molecular weight is 327 g/mol. The van der Waals surface area contributed by atoms with Crippen molar-refractivity contribution in [2.45, 2.75) is 38.6 Å². The topological polar surface area (TPSA) is 77.2 Å². The van der Waals surface area contributed by atoms with Gasteiger partial charge in [0.2, 0.25) is 5.95 Å². The summed E-state index contributed by atoms with van der Waals surface area (Å²) in [5, 5.41) is 0. The van der Waals surface area contributed by atoms with E-state index in [4.69, 9.17) is 10.5 Å². The normalized spacial score (nSPS) is 17.1. The third-order valence-corrected chi connectivity index (χ3v) is 4.30. The number of nitrogen functional groups attached to an aromatic ring is 1. The third kappa shape index (κ3) is 4.20. The predicted molar refractivity (Wildman–Crippen MR) is 94.8 cm³/mol. The zero-order chi connectivity index (χ0) is 16.8. The molecule has 2 aromatic rings. The molecule has 1 aliphatic rings. The summed E-state index contributed by atoms with van der Waals surface area (Å²) >= 11 is 0. The molecule has 6 heteroatoms. The molecule has 2 N–H and O–H groups in total. The van der Waals surface area contributed by atoms with E-state index < -0.39 is 0 Å². The lowest BCUT2D eigenvalue weighted by Gasteiger charge is -2.24. The molecule has 1 aliphatic heterocycles. The second-order valence-corrected chi connectivity index (χ2v) is 6.21. The fraction of sp³-hybridized carbons (Fsp3) is 0.500. The largest absolute Gasteiger partial charge is 0.381 e. The van der Waals surface area contributed by atoms with E-state index in [1.54, 1.807) is 6.20 Å². The highest BCUT2D eigenvalue weighted by Crippen LogP contribution is 2.27. The number of aromatic nitrogens is 3. The average Bonchev–Trinajstić information content (AvgIpc) is 3.13. The van der Waals surface area contributed by atoms with Crippen LogP contribution < -0.4 is 10.6 Å². The summed E-state index contributed by atoms with van der Waals surface area (Å²) < 4.78 is 5.49. The first-order valence-corrected chi connectivity index (χ1v) is 8.62. The van der Waals surface area contributed by atoms with E-state index >= 15 is 0 Å². The zero-order valence-electron chi connectivity index (χ0n) is 14.2. The number of rotatable bonds is 7. The van der Waals surface area contributed by atoms with Gasteiger partial charge in [-0.1, -0.05) is 19.4 Å². The highest BCUT2D eigenvalue weighted by molar-refractivity contribution is 5.45. The Labute approximate surface area is 143 Å². The molecule has 0 spiro atoms. The molecule has 0 amide bonds. The lowest BCUT2D eigenvalue weighted by molar-refractivity contribution is 0.193. The maximum absolute atomic E-state index is 5.98. The molecule has 0 bridgehead atoms. The second-order valence-electron chi connectivity index (χ2n) is 6.21. The van der Waals surface area contributed by atoms with Crippen LogP contribution in [0.4, 0.5) is 11.8 Å². The maximum Gasteiger partial charge on any atom is 0.222 e. The van der Waals surface area contributed by atoms with E-state index in [9.17, 15) is 0 Å². The van der Waals surface area contributed by atoms with Crippen molar-refractivity contribution >= 4 is 11.8 Å². The molecular formula is C18H25N5O. The van der Waals surface area contributed by atoms with Crippen molar-refractivity contribution in [1.29, 1.82) is 0 Å². The van der Waals surface area contributed by atoms with Gasteiger partial charge in [-0.15, -0.1) is 0 Å². The predicted octanol–water partition coefficient (Wildman–Crippen LogP) is 2.76. The number of nitrogens with two attached hydrogens (primary N) is 1. The van der Waals surface area contributed by atoms with Gasteiger partial charge < -0.3 is 15.4 Å². The van der Waals surface area contributed by atoms with Crippen LogP contribution in [0.3, 0.4) is 0 Å². The van der Waals surface area contributed by atoms with Crippen LogP contribution in [0, 0.1) is 0 Å². The molecule has 0 aliphatic carbocycles. The Morgan fingerprint density at radius 3 is 3.00 bits per heavy atom. The second kappa shape index (κ2) is 8.06. The standard InChI is InChI=1S/C18H25N5O/c1-2-3-8-23(12-14-5-4-7-20-11-14)17-10-16(21-18(19)22-17)15-6-9-24-13-15/h4-5,7,10-11,15H,2-3,6,8-9,12-13H2,1H3,(H2,19,21,22). The minimum absolute atomic E-state index is 0.320. The Bertz CT molecular complexity index is 643. The fourth-order valence-electron chi connectivity index (χ4n) is 2.95. The highest BCUT2D eigenvalue weighted by Gasteiger charge is 2.21. The van der Waals surface area contributed by atoms with Crippen molar-refractivity contribution in [3.63, 3.8) is 0 Å². The summed E-state index contributed by atoms with van der Waals surface area (Å²) in [6.07, 6.45) is 6.92. The number of ether oxygens (including phenoxy) is 1. The Hall–Kier alpha value is -2.21. The zero-order valence-corrected chi connectivity index (χ0v) is 14.2. The van der Waals surface area contributed by atoms with E-state index in [-0.39, 0.29) is 0 Å². The Balaban J connectivity index is 1.85. The van der Waals surface area contributed by atoms with Crippen molar-refractivity contribution in [2.75, 3.05) is 30.4 Å². The minimum Gasteiger partial charge on any atom is -0.381 e. The van der Waals surface area contributed by atoms with Crippen LogP contribution >= 0.6 is 0 Å². The van der Waals surface area contributed by atoms with Crippen LogP contribution in [0.15, 0.2) is 30.6 Å². The summed E-state index contributed by atoms with van der Waals surface area (Å²) in [5.74, 6) is 1.55. The first kappa shape index (κ1) is 16.6. The van der Waals surface area contributed by atoms with Crippen molar-refractivity contribution in [3.05, 3.63) is 41.9 Å². The van der Waals surface area contributed by atoms with Crippen LogP contribution in [0.1, 0.15) is 43.4 Å². The monoisotopic (exact) mass is 327 g/mol. The lowest BCUT2D eigenvalue weighted by atomic mass is 10.0. The molecule has 3 rings (SSSR count). The van der Waals surface area contributed by atoms with Gasteiger partial charge in [-0.05, 0) is 24.5 Å². The van der Waals surface area contributed by atoms with E-state index in [1.807, 2.05) is 12.3 Å². The number of pyridine rings is 1. The molecule has 1 atom stereocenters. The van der Waals surface area contributed by atoms with Gasteiger partial charge >= 0.3 is 0 Å². The molecule has 6 nitrogen and oxygen atoms in total. The van der Waals surface area contributed by atoms with Crippen LogP contribution in [0.25, 0.3) is 0 Å². The van der Waals surface area contributed by atoms with Crippen LogP contribution in [0.5, 0.6) is 0 Å². The minimum atomic E-state index is 0.320. The number of anilines is 2. The Kier molecular flexibility index (Phi) is 5.59. The van der Waals surface area contributed by atoms with Gasteiger partial charge in [-0.2, -0.15) is 4.98 Å². The maximum atomic E-state index is 5.98. The summed E-state index contributed by atoms with van der Waals surface area (Å²) in [6.45, 7) is 5.40. The molecule has 128 valence electrons. The number of unbranched alkanes of at least 4 members (excludes halogenated alkanes) is 1. The summed E-state index contributed by atoms with van der Waals surface area (Å²) in [5.41, 5.74) is 8.14.